The number of anilines is 2. The Morgan fingerprint density at radius 2 is 1.29 bits per heavy atom. The Hall–Kier alpha value is -4.50. The van der Waals surface area contributed by atoms with Crippen LogP contribution in [0.4, 0.5) is 11.4 Å². The van der Waals surface area contributed by atoms with Crippen molar-refractivity contribution in [2.45, 2.75) is 104 Å². The van der Waals surface area contributed by atoms with Gasteiger partial charge in [0.15, 0.2) is 10.0 Å². The van der Waals surface area contributed by atoms with E-state index in [-0.39, 0.29) is 11.8 Å². The summed E-state index contributed by atoms with van der Waals surface area (Å²) in [5.74, 6) is -2.14. The number of likely N-dealkylation sites (tertiary alicyclic amines) is 2. The lowest BCUT2D eigenvalue weighted by Crippen LogP contribution is -2.54. The maximum atomic E-state index is 14.0. The van der Waals surface area contributed by atoms with Gasteiger partial charge in [0, 0.05) is 40.8 Å². The van der Waals surface area contributed by atoms with E-state index < -0.39 is 23.0 Å². The van der Waals surface area contributed by atoms with E-state index in [2.05, 4.69) is 15.3 Å². The number of amides is 2. The fraction of sp³-hybridized carbons (Fsp3) is 0.463. The average molecular weight is 785 g/mol. The smallest absolute Gasteiger partial charge is 0.323 e. The van der Waals surface area contributed by atoms with Gasteiger partial charge in [0.25, 0.3) is 11.8 Å². The van der Waals surface area contributed by atoms with Gasteiger partial charge in [-0.05, 0) is 127 Å². The van der Waals surface area contributed by atoms with Crippen LogP contribution in [-0.4, -0.2) is 84.4 Å². The number of nitrogens with one attached hydrogen (secondary N) is 1. The van der Waals surface area contributed by atoms with Crippen molar-refractivity contribution in [2.24, 2.45) is 0 Å². The van der Waals surface area contributed by atoms with Gasteiger partial charge < -0.3 is 20.4 Å². The maximum absolute atomic E-state index is 14.0. The number of aliphatic carboxylic acids is 2. The monoisotopic (exact) mass is 784 g/mol. The number of hydrogen-bond acceptors (Lipinski definition) is 10. The molecule has 2 fully saturated rings. The zero-order valence-electron chi connectivity index (χ0n) is 32.0. The number of carboxylic acid groups (broad SMARTS) is 2. The molecule has 2 atom stereocenters. The second-order valence-electron chi connectivity index (χ2n) is 15.4. The molecule has 0 saturated carbocycles. The summed E-state index contributed by atoms with van der Waals surface area (Å²) in [5.41, 5.74) is 4.97. The molecule has 7 rings (SSSR count). The van der Waals surface area contributed by atoms with E-state index in [4.69, 9.17) is 0 Å². The Balaban J connectivity index is 1.08. The molecular formula is C41H48N6O6S2. The number of aryl methyl sites for hydroxylation is 2. The Labute approximate surface area is 329 Å². The first-order valence-corrected chi connectivity index (χ1v) is 20.6. The highest BCUT2D eigenvalue weighted by Gasteiger charge is 2.43. The van der Waals surface area contributed by atoms with Crippen LogP contribution >= 0.6 is 22.7 Å². The highest BCUT2D eigenvalue weighted by atomic mass is 32.1. The number of benzene rings is 2. The van der Waals surface area contributed by atoms with Gasteiger partial charge in [-0.3, -0.25) is 29.0 Å². The molecule has 3 N–H and O–H groups in total. The number of carbonyl (C=O) groups is 4. The largest absolute Gasteiger partial charge is 0.480 e. The van der Waals surface area contributed by atoms with Gasteiger partial charge in [-0.1, -0.05) is 24.3 Å². The van der Waals surface area contributed by atoms with Gasteiger partial charge in [-0.2, -0.15) is 0 Å². The van der Waals surface area contributed by atoms with Gasteiger partial charge in [0.05, 0.1) is 11.4 Å². The van der Waals surface area contributed by atoms with Crippen LogP contribution in [0.25, 0.3) is 11.1 Å². The summed E-state index contributed by atoms with van der Waals surface area (Å²) in [4.78, 5) is 68.8. The molecule has 2 saturated heterocycles. The number of carboxylic acids is 2. The summed E-state index contributed by atoms with van der Waals surface area (Å²) in [6.07, 6.45) is 5.47. The van der Waals surface area contributed by atoms with Crippen LogP contribution in [-0.2, 0) is 29.1 Å². The second-order valence-corrected chi connectivity index (χ2v) is 17.6. The number of hydrogen-bond donors (Lipinski definition) is 3. The van der Waals surface area contributed by atoms with Crippen molar-refractivity contribution in [3.05, 3.63) is 78.7 Å². The molecule has 55 heavy (non-hydrogen) atoms. The topological polar surface area (TPSA) is 156 Å². The molecule has 0 radical (unpaired) electrons. The van der Waals surface area contributed by atoms with Crippen molar-refractivity contribution in [3.8, 4) is 11.1 Å². The lowest BCUT2D eigenvalue weighted by atomic mass is 9.88. The molecule has 0 bridgehead atoms. The minimum Gasteiger partial charge on any atom is -0.480 e. The van der Waals surface area contributed by atoms with Crippen LogP contribution in [0.1, 0.15) is 104 Å². The third-order valence-corrected chi connectivity index (χ3v) is 14.2. The summed E-state index contributed by atoms with van der Waals surface area (Å²) in [7, 11) is 0. The highest BCUT2D eigenvalue weighted by Crippen LogP contribution is 2.40. The van der Waals surface area contributed by atoms with E-state index in [9.17, 15) is 29.4 Å². The second kappa shape index (κ2) is 15.2. The van der Waals surface area contributed by atoms with Crippen molar-refractivity contribution >= 4 is 57.8 Å². The minimum absolute atomic E-state index is 0.168. The van der Waals surface area contributed by atoms with Crippen LogP contribution in [0.3, 0.4) is 0 Å². The number of carbonyl (C=O) groups excluding carboxylic acids is 2. The standard InChI is InChI=1S/C41H48N6O6S2/c1-24-27(12-10-14-30(24)44-34(48)35-42-25(2)32(54-35)22-45-19-8-6-17-40(45,4)38(50)51)28-13-11-15-31-29(28)16-21-47(31)37(49)36-43-26(3)33(55-36)23-46-20-9-7-18-41(46,5)39(52)53/h10-15H,6-9,16-23H2,1-5H3,(H,44,48)(H,50,51)(H,52,53)/t40-,41-/m1/s1. The van der Waals surface area contributed by atoms with Crippen molar-refractivity contribution in [1.29, 1.82) is 0 Å². The molecule has 3 aliphatic rings. The number of nitrogens with zero attached hydrogens (tertiary/aromatic N) is 5. The number of thiazole rings is 2. The predicted molar refractivity (Wildman–Crippen MR) is 214 cm³/mol. The lowest BCUT2D eigenvalue weighted by Gasteiger charge is -2.41. The Bertz CT molecular complexity index is 2180. The zero-order chi connectivity index (χ0) is 39.2. The summed E-state index contributed by atoms with van der Waals surface area (Å²) in [6, 6.07) is 11.8. The SMILES string of the molecule is Cc1nc(C(=O)Nc2cccc(-c3cccc4c3CCN4C(=O)c3nc(C)c(CN4CCCC[C@]4(C)C(=O)O)s3)c2C)sc1CN1CCCC[C@]1(C)C(=O)O. The van der Waals surface area contributed by atoms with Gasteiger partial charge in [0.2, 0.25) is 0 Å². The van der Waals surface area contributed by atoms with Gasteiger partial charge in [0.1, 0.15) is 11.1 Å². The molecule has 0 aliphatic carbocycles. The van der Waals surface area contributed by atoms with Gasteiger partial charge in [-0.15, -0.1) is 22.7 Å². The highest BCUT2D eigenvalue weighted by molar-refractivity contribution is 7.14. The van der Waals surface area contributed by atoms with Crippen LogP contribution in [0.15, 0.2) is 36.4 Å². The molecule has 5 heterocycles. The number of piperidine rings is 2. The zero-order valence-corrected chi connectivity index (χ0v) is 33.7. The molecule has 2 aromatic carbocycles. The number of aromatic nitrogens is 2. The van der Waals surface area contributed by atoms with Crippen LogP contribution < -0.4 is 10.2 Å². The van der Waals surface area contributed by atoms with Crippen molar-refractivity contribution in [3.63, 3.8) is 0 Å². The Morgan fingerprint density at radius 3 is 1.89 bits per heavy atom. The van der Waals surface area contributed by atoms with E-state index in [1.165, 1.54) is 22.7 Å². The molecule has 3 aliphatic heterocycles. The fourth-order valence-corrected chi connectivity index (χ4v) is 10.3. The van der Waals surface area contributed by atoms with Crippen LogP contribution in [0.2, 0.25) is 0 Å². The summed E-state index contributed by atoms with van der Waals surface area (Å²) < 4.78 is 0. The van der Waals surface area contributed by atoms with Crippen LogP contribution in [0.5, 0.6) is 0 Å². The summed E-state index contributed by atoms with van der Waals surface area (Å²) in [6.45, 7) is 12.0. The first-order valence-electron chi connectivity index (χ1n) is 19.0. The van der Waals surface area contributed by atoms with Crippen molar-refractivity contribution < 1.29 is 29.4 Å². The third kappa shape index (κ3) is 7.21. The lowest BCUT2D eigenvalue weighted by molar-refractivity contribution is -0.154. The van der Waals surface area contributed by atoms with E-state index in [0.717, 1.165) is 74.8 Å². The number of fused-ring (bicyclic) bond motifs is 1. The van der Waals surface area contributed by atoms with Crippen molar-refractivity contribution in [2.75, 3.05) is 29.9 Å². The molecule has 14 heteroatoms. The van der Waals surface area contributed by atoms with E-state index >= 15 is 0 Å². The first kappa shape index (κ1) is 38.8. The molecule has 4 aromatic rings. The van der Waals surface area contributed by atoms with Crippen LogP contribution in [0, 0.1) is 20.8 Å². The Kier molecular flexibility index (Phi) is 10.7. The molecule has 290 valence electrons. The summed E-state index contributed by atoms with van der Waals surface area (Å²) >= 11 is 2.65. The van der Waals surface area contributed by atoms with Crippen molar-refractivity contribution in [1.82, 2.24) is 19.8 Å². The fourth-order valence-electron chi connectivity index (χ4n) is 8.28. The molecule has 0 spiro atoms. The minimum atomic E-state index is -0.944. The molecule has 2 aromatic heterocycles. The molecule has 0 unspecified atom stereocenters. The third-order valence-electron chi connectivity index (χ3n) is 12.0. The van der Waals surface area contributed by atoms with E-state index in [0.29, 0.717) is 67.7 Å². The summed E-state index contributed by atoms with van der Waals surface area (Å²) in [5, 5.41) is 23.8. The molecular weight excluding hydrogens is 737 g/mol. The average Bonchev–Trinajstić information content (AvgIpc) is 3.87. The number of rotatable bonds is 10. The van der Waals surface area contributed by atoms with Gasteiger partial charge in [-0.25, -0.2) is 9.97 Å². The quantitative estimate of drug-likeness (QED) is 0.149. The molecule has 2 amide bonds. The normalized spacial score (nSPS) is 21.7. The van der Waals surface area contributed by atoms with E-state index in [1.54, 1.807) is 18.7 Å². The predicted octanol–water partition coefficient (Wildman–Crippen LogP) is 7.31. The molecule has 12 nitrogen and oxygen atoms in total. The first-order chi connectivity index (χ1) is 26.2. The Morgan fingerprint density at radius 1 is 0.745 bits per heavy atom. The van der Waals surface area contributed by atoms with E-state index in [1.807, 2.05) is 67.0 Å². The van der Waals surface area contributed by atoms with Gasteiger partial charge >= 0.3 is 11.9 Å². The maximum Gasteiger partial charge on any atom is 0.323 e.